The molecule has 0 saturated carbocycles. The minimum Gasteiger partial charge on any atom is -0.383 e. The molecule has 3 aromatic rings. The van der Waals surface area contributed by atoms with Crippen molar-refractivity contribution >= 4 is 38.3 Å². The molecule has 4 rings (SSSR count). The monoisotopic (exact) mass is 383 g/mol. The van der Waals surface area contributed by atoms with Gasteiger partial charge >= 0.3 is 0 Å². The van der Waals surface area contributed by atoms with E-state index in [0.717, 1.165) is 5.56 Å². The van der Waals surface area contributed by atoms with Crippen LogP contribution in [-0.2, 0) is 15.8 Å². The van der Waals surface area contributed by atoms with Crippen LogP contribution in [0, 0.1) is 0 Å². The van der Waals surface area contributed by atoms with Gasteiger partial charge < -0.3 is 11.1 Å². The van der Waals surface area contributed by atoms with Gasteiger partial charge in [-0.15, -0.1) is 0 Å². The highest BCUT2D eigenvalue weighted by Crippen LogP contribution is 2.37. The topological polar surface area (TPSA) is 118 Å². The Kier molecular flexibility index (Phi) is 3.77. The SMILES string of the molecule is CNC(=O)c1ccc2c(N)ncc(-c3ccc4c(c3)CS(=O)(=O)N4C)c2n1. The number of nitrogens with zero attached hydrogens (tertiary/aromatic N) is 3. The number of sulfonamides is 1. The van der Waals surface area contributed by atoms with E-state index in [4.69, 9.17) is 5.73 Å². The zero-order chi connectivity index (χ0) is 19.3. The van der Waals surface area contributed by atoms with Gasteiger partial charge in [0.15, 0.2) is 0 Å². The molecular formula is C18H17N5O3S. The van der Waals surface area contributed by atoms with Gasteiger partial charge in [-0.1, -0.05) is 6.07 Å². The van der Waals surface area contributed by atoms with Crippen LogP contribution in [0.2, 0.25) is 0 Å². The third-order valence-corrected chi connectivity index (χ3v) is 6.41. The summed E-state index contributed by atoms with van der Waals surface area (Å²) in [7, 11) is -0.249. The van der Waals surface area contributed by atoms with Crippen molar-refractivity contribution in [2.45, 2.75) is 5.75 Å². The minimum absolute atomic E-state index is 0.0517. The maximum absolute atomic E-state index is 12.1. The number of carbonyl (C=O) groups is 1. The van der Waals surface area contributed by atoms with Gasteiger partial charge in [-0.3, -0.25) is 9.10 Å². The van der Waals surface area contributed by atoms with Crippen LogP contribution in [0.25, 0.3) is 22.0 Å². The fourth-order valence-electron chi connectivity index (χ4n) is 3.22. The van der Waals surface area contributed by atoms with Gasteiger partial charge in [0.2, 0.25) is 10.0 Å². The number of aromatic nitrogens is 2. The Morgan fingerprint density at radius 2 is 2.04 bits per heavy atom. The van der Waals surface area contributed by atoms with Gasteiger partial charge in [-0.2, -0.15) is 0 Å². The Balaban J connectivity index is 1.92. The number of benzene rings is 1. The molecule has 27 heavy (non-hydrogen) atoms. The molecule has 0 bridgehead atoms. The number of rotatable bonds is 2. The summed E-state index contributed by atoms with van der Waals surface area (Å²) in [4.78, 5) is 20.6. The summed E-state index contributed by atoms with van der Waals surface area (Å²) in [5, 5.41) is 3.18. The summed E-state index contributed by atoms with van der Waals surface area (Å²) in [6.07, 6.45) is 1.59. The number of pyridine rings is 2. The van der Waals surface area contributed by atoms with Crippen LogP contribution in [0.1, 0.15) is 16.1 Å². The molecule has 0 saturated heterocycles. The molecule has 0 unspecified atom stereocenters. The molecule has 1 amide bonds. The van der Waals surface area contributed by atoms with Crippen molar-refractivity contribution in [3.05, 3.63) is 47.8 Å². The summed E-state index contributed by atoms with van der Waals surface area (Å²) in [5.41, 5.74) is 9.58. The Hall–Kier alpha value is -3.20. The summed E-state index contributed by atoms with van der Waals surface area (Å²) in [6.45, 7) is 0. The van der Waals surface area contributed by atoms with Gasteiger partial charge in [-0.25, -0.2) is 18.4 Å². The number of carbonyl (C=O) groups excluding carboxylic acids is 1. The summed E-state index contributed by atoms with van der Waals surface area (Å²) in [5.74, 6) is -0.0442. The lowest BCUT2D eigenvalue weighted by Gasteiger charge is -2.12. The maximum atomic E-state index is 12.1. The first-order chi connectivity index (χ1) is 12.8. The van der Waals surface area contributed by atoms with Crippen LogP contribution >= 0.6 is 0 Å². The van der Waals surface area contributed by atoms with Crippen molar-refractivity contribution in [3.63, 3.8) is 0 Å². The van der Waals surface area contributed by atoms with Crippen LogP contribution in [0.15, 0.2) is 36.5 Å². The molecule has 3 heterocycles. The summed E-state index contributed by atoms with van der Waals surface area (Å²) >= 11 is 0. The van der Waals surface area contributed by atoms with Gasteiger partial charge in [-0.05, 0) is 35.4 Å². The highest BCUT2D eigenvalue weighted by molar-refractivity contribution is 7.92. The Bertz CT molecular complexity index is 1210. The molecule has 0 radical (unpaired) electrons. The Morgan fingerprint density at radius 3 is 2.78 bits per heavy atom. The molecule has 0 fully saturated rings. The molecule has 1 aromatic carbocycles. The lowest BCUT2D eigenvalue weighted by molar-refractivity contribution is 0.0958. The molecule has 9 heteroatoms. The number of anilines is 2. The predicted molar refractivity (Wildman–Crippen MR) is 104 cm³/mol. The average Bonchev–Trinajstić information content (AvgIpc) is 2.89. The van der Waals surface area contributed by atoms with Crippen molar-refractivity contribution < 1.29 is 13.2 Å². The van der Waals surface area contributed by atoms with Gasteiger partial charge in [0.25, 0.3) is 5.91 Å². The molecule has 0 aliphatic carbocycles. The van der Waals surface area contributed by atoms with E-state index in [1.165, 1.54) is 18.4 Å². The largest absolute Gasteiger partial charge is 0.383 e. The van der Waals surface area contributed by atoms with Crippen molar-refractivity contribution in [1.82, 2.24) is 15.3 Å². The second-order valence-electron chi connectivity index (χ2n) is 6.30. The summed E-state index contributed by atoms with van der Waals surface area (Å²) < 4.78 is 25.5. The van der Waals surface area contributed by atoms with E-state index in [-0.39, 0.29) is 17.4 Å². The van der Waals surface area contributed by atoms with Crippen LogP contribution in [0.4, 0.5) is 11.5 Å². The van der Waals surface area contributed by atoms with Crippen molar-refractivity contribution in [1.29, 1.82) is 0 Å². The number of hydrogen-bond donors (Lipinski definition) is 2. The molecule has 2 aromatic heterocycles. The average molecular weight is 383 g/mol. The third-order valence-electron chi connectivity index (χ3n) is 4.70. The van der Waals surface area contributed by atoms with Gasteiger partial charge in [0.1, 0.15) is 11.5 Å². The van der Waals surface area contributed by atoms with Crippen LogP contribution in [0.5, 0.6) is 0 Å². The number of nitrogen functional groups attached to an aromatic ring is 1. The second-order valence-corrected chi connectivity index (χ2v) is 8.30. The van der Waals surface area contributed by atoms with E-state index >= 15 is 0 Å². The molecular weight excluding hydrogens is 366 g/mol. The standard InChI is InChI=1S/C18H17N5O3S/c1-20-18(24)14-5-4-12-16(22-14)13(8-21-17(12)19)10-3-6-15-11(7-10)9-27(25,26)23(15)2/h3-8H,9H2,1-2H3,(H2,19,21)(H,20,24). The molecule has 138 valence electrons. The van der Waals surface area contributed by atoms with E-state index in [1.54, 1.807) is 24.4 Å². The van der Waals surface area contributed by atoms with E-state index < -0.39 is 10.0 Å². The van der Waals surface area contributed by atoms with Crippen molar-refractivity contribution in [2.24, 2.45) is 0 Å². The Labute approximate surface area is 156 Å². The van der Waals surface area contributed by atoms with E-state index in [0.29, 0.717) is 33.5 Å². The molecule has 8 nitrogen and oxygen atoms in total. The van der Waals surface area contributed by atoms with Crippen LogP contribution in [-0.4, -0.2) is 38.4 Å². The molecule has 1 aliphatic rings. The number of nitrogens with two attached hydrogens (primary N) is 1. The normalized spacial score (nSPS) is 15.0. The number of fused-ring (bicyclic) bond motifs is 2. The second kappa shape index (κ2) is 5.92. The maximum Gasteiger partial charge on any atom is 0.269 e. The lowest BCUT2D eigenvalue weighted by Crippen LogP contribution is -2.20. The summed E-state index contributed by atoms with van der Waals surface area (Å²) in [6, 6.07) is 8.70. The van der Waals surface area contributed by atoms with Crippen LogP contribution in [0.3, 0.4) is 0 Å². The lowest BCUT2D eigenvalue weighted by atomic mass is 10.0. The number of nitrogens with one attached hydrogen (secondary N) is 1. The molecule has 0 spiro atoms. The smallest absolute Gasteiger partial charge is 0.269 e. The first-order valence-corrected chi connectivity index (χ1v) is 9.80. The van der Waals surface area contributed by atoms with Gasteiger partial charge in [0.05, 0.1) is 17.0 Å². The van der Waals surface area contributed by atoms with E-state index in [2.05, 4.69) is 15.3 Å². The van der Waals surface area contributed by atoms with Crippen LogP contribution < -0.4 is 15.4 Å². The highest BCUT2D eigenvalue weighted by Gasteiger charge is 2.30. The number of hydrogen-bond acceptors (Lipinski definition) is 6. The van der Waals surface area contributed by atoms with E-state index in [1.807, 2.05) is 12.1 Å². The quantitative estimate of drug-likeness (QED) is 0.693. The fourth-order valence-corrected chi connectivity index (χ4v) is 4.52. The highest BCUT2D eigenvalue weighted by atomic mass is 32.2. The fraction of sp³-hybridized carbons (Fsp3) is 0.167. The van der Waals surface area contributed by atoms with Crippen molar-refractivity contribution in [3.8, 4) is 11.1 Å². The first kappa shape index (κ1) is 17.2. The first-order valence-electron chi connectivity index (χ1n) is 8.19. The number of amides is 1. The van der Waals surface area contributed by atoms with Gasteiger partial charge in [0, 0.05) is 31.2 Å². The Morgan fingerprint density at radius 1 is 1.26 bits per heavy atom. The van der Waals surface area contributed by atoms with Crippen molar-refractivity contribution in [2.75, 3.05) is 24.1 Å². The zero-order valence-corrected chi connectivity index (χ0v) is 15.5. The molecule has 1 aliphatic heterocycles. The minimum atomic E-state index is -3.32. The predicted octanol–water partition coefficient (Wildman–Crippen LogP) is 1.52. The third kappa shape index (κ3) is 2.67. The zero-order valence-electron chi connectivity index (χ0n) is 14.7. The molecule has 0 atom stereocenters. The molecule has 3 N–H and O–H groups in total. The van der Waals surface area contributed by atoms with E-state index in [9.17, 15) is 13.2 Å².